The van der Waals surface area contributed by atoms with Gasteiger partial charge in [-0.05, 0) is 18.6 Å². The van der Waals surface area contributed by atoms with Crippen molar-refractivity contribution < 1.29 is 0 Å². The molecule has 2 N–H and O–H groups in total. The summed E-state index contributed by atoms with van der Waals surface area (Å²) in [7, 11) is 0. The molecule has 2 nitrogen and oxygen atoms in total. The molecule has 1 unspecified atom stereocenters. The highest BCUT2D eigenvalue weighted by Crippen LogP contribution is 2.31. The number of nitrogens with two attached hydrogens (primary N) is 1. The lowest BCUT2D eigenvalue weighted by Gasteiger charge is -2.25. The van der Waals surface area contributed by atoms with E-state index in [0.29, 0.717) is 11.4 Å². The van der Waals surface area contributed by atoms with Gasteiger partial charge in [0, 0.05) is 27.8 Å². The van der Waals surface area contributed by atoms with E-state index in [0.717, 1.165) is 16.3 Å². The molecule has 2 rings (SSSR count). The van der Waals surface area contributed by atoms with Gasteiger partial charge in [0.05, 0.1) is 10.7 Å². The minimum absolute atomic E-state index is 0.0736. The molecule has 0 spiro atoms. The first kappa shape index (κ1) is 15.5. The van der Waals surface area contributed by atoms with Gasteiger partial charge < -0.3 is 5.73 Å². The van der Waals surface area contributed by atoms with Crippen molar-refractivity contribution >= 4 is 22.9 Å². The van der Waals surface area contributed by atoms with Crippen LogP contribution in [0.4, 0.5) is 0 Å². The highest BCUT2D eigenvalue weighted by molar-refractivity contribution is 7.09. The normalized spacial score (nSPS) is 15.1. The Bertz CT molecular complexity index is 597. The van der Waals surface area contributed by atoms with E-state index in [1.54, 1.807) is 11.3 Å². The molecule has 2 aromatic rings. The molecule has 0 amide bonds. The molecule has 0 bridgehead atoms. The minimum atomic E-state index is -0.509. The second-order valence-electron chi connectivity index (χ2n) is 6.45. The molecule has 108 valence electrons. The summed E-state index contributed by atoms with van der Waals surface area (Å²) in [5, 5.41) is 3.89. The van der Waals surface area contributed by atoms with Crippen molar-refractivity contribution in [3.63, 3.8) is 0 Å². The van der Waals surface area contributed by atoms with Gasteiger partial charge in [-0.1, -0.05) is 50.6 Å². The van der Waals surface area contributed by atoms with Crippen LogP contribution in [0.5, 0.6) is 0 Å². The van der Waals surface area contributed by atoms with Crippen molar-refractivity contribution in [2.75, 3.05) is 0 Å². The molecule has 0 aliphatic carbocycles. The van der Waals surface area contributed by atoms with Gasteiger partial charge in [-0.15, -0.1) is 11.3 Å². The maximum absolute atomic E-state index is 6.47. The third-order valence-electron chi connectivity index (χ3n) is 3.33. The predicted octanol–water partition coefficient (Wildman–Crippen LogP) is 4.51. The quantitative estimate of drug-likeness (QED) is 0.906. The Balaban J connectivity index is 2.25. The first-order valence-electron chi connectivity index (χ1n) is 6.69. The van der Waals surface area contributed by atoms with Crippen LogP contribution >= 0.6 is 22.9 Å². The molecule has 0 aliphatic rings. The average molecular weight is 309 g/mol. The summed E-state index contributed by atoms with van der Waals surface area (Å²) in [6, 6.07) is 7.75. The van der Waals surface area contributed by atoms with E-state index in [4.69, 9.17) is 22.3 Å². The number of aromatic nitrogens is 1. The zero-order valence-corrected chi connectivity index (χ0v) is 14.0. The largest absolute Gasteiger partial charge is 0.321 e. The summed E-state index contributed by atoms with van der Waals surface area (Å²) in [5.74, 6) is 0. The Hall–Kier alpha value is -0.900. The second-order valence-corrected chi connectivity index (χ2v) is 7.80. The zero-order chi connectivity index (χ0) is 15.0. The van der Waals surface area contributed by atoms with Crippen molar-refractivity contribution in [1.29, 1.82) is 0 Å². The fourth-order valence-electron chi connectivity index (χ4n) is 2.07. The topological polar surface area (TPSA) is 38.9 Å². The van der Waals surface area contributed by atoms with Crippen LogP contribution in [0.25, 0.3) is 0 Å². The van der Waals surface area contributed by atoms with Gasteiger partial charge >= 0.3 is 0 Å². The fourth-order valence-corrected chi connectivity index (χ4v) is 3.61. The Labute approximate surface area is 130 Å². The number of rotatable bonds is 3. The summed E-state index contributed by atoms with van der Waals surface area (Å²) >= 11 is 7.93. The molecule has 20 heavy (non-hydrogen) atoms. The zero-order valence-electron chi connectivity index (χ0n) is 12.4. The SMILES string of the molecule is CC(C)(C)c1csc(CC(C)(N)c2ccccc2Cl)n1. The second kappa shape index (κ2) is 5.47. The molecule has 1 atom stereocenters. The van der Waals surface area contributed by atoms with Gasteiger partial charge in [-0.2, -0.15) is 0 Å². The number of nitrogens with zero attached hydrogens (tertiary/aromatic N) is 1. The van der Waals surface area contributed by atoms with Crippen LogP contribution in [0.1, 0.15) is 44.0 Å². The number of hydrogen-bond acceptors (Lipinski definition) is 3. The van der Waals surface area contributed by atoms with Gasteiger partial charge in [-0.25, -0.2) is 4.98 Å². The maximum atomic E-state index is 6.47. The predicted molar refractivity (Wildman–Crippen MR) is 87.5 cm³/mol. The van der Waals surface area contributed by atoms with E-state index >= 15 is 0 Å². The first-order chi connectivity index (χ1) is 9.20. The number of halogens is 1. The number of hydrogen-bond donors (Lipinski definition) is 1. The van der Waals surface area contributed by atoms with Crippen LogP contribution < -0.4 is 5.73 Å². The van der Waals surface area contributed by atoms with E-state index in [-0.39, 0.29) is 5.41 Å². The van der Waals surface area contributed by atoms with Crippen LogP contribution in [-0.4, -0.2) is 4.98 Å². The Morgan fingerprint density at radius 2 is 1.85 bits per heavy atom. The smallest absolute Gasteiger partial charge is 0.0950 e. The standard InChI is InChI=1S/C16H21ClN2S/c1-15(2,3)13-10-20-14(19-13)9-16(4,18)11-7-5-6-8-12(11)17/h5-8,10H,9,18H2,1-4H3. The van der Waals surface area contributed by atoms with Crippen LogP contribution in [0.2, 0.25) is 5.02 Å². The Kier molecular flexibility index (Phi) is 4.24. The van der Waals surface area contributed by atoms with Crippen molar-refractivity contribution in [1.82, 2.24) is 4.98 Å². The molecular weight excluding hydrogens is 288 g/mol. The fraction of sp³-hybridized carbons (Fsp3) is 0.438. The Morgan fingerprint density at radius 1 is 1.20 bits per heavy atom. The summed E-state index contributed by atoms with van der Waals surface area (Å²) in [6.45, 7) is 8.51. The molecule has 0 aliphatic heterocycles. The summed E-state index contributed by atoms with van der Waals surface area (Å²) < 4.78 is 0. The number of benzene rings is 1. The van der Waals surface area contributed by atoms with Gasteiger partial charge in [0.25, 0.3) is 0 Å². The lowest BCUT2D eigenvalue weighted by molar-refractivity contribution is 0.487. The van der Waals surface area contributed by atoms with Crippen molar-refractivity contribution in [2.45, 2.75) is 45.1 Å². The third kappa shape index (κ3) is 3.40. The van der Waals surface area contributed by atoms with Crippen LogP contribution in [0, 0.1) is 0 Å². The Morgan fingerprint density at radius 3 is 2.40 bits per heavy atom. The van der Waals surface area contributed by atoms with Gasteiger partial charge in [0.15, 0.2) is 0 Å². The van der Waals surface area contributed by atoms with Crippen molar-refractivity contribution in [3.8, 4) is 0 Å². The minimum Gasteiger partial charge on any atom is -0.321 e. The molecule has 1 aromatic carbocycles. The molecule has 0 saturated carbocycles. The highest BCUT2D eigenvalue weighted by atomic mass is 35.5. The van der Waals surface area contributed by atoms with Gasteiger partial charge in [0.1, 0.15) is 0 Å². The summed E-state index contributed by atoms with van der Waals surface area (Å²) in [6.07, 6.45) is 0.692. The molecule has 1 aromatic heterocycles. The van der Waals surface area contributed by atoms with Crippen molar-refractivity contribution in [2.24, 2.45) is 5.73 Å². The molecule has 0 radical (unpaired) electrons. The summed E-state index contributed by atoms with van der Waals surface area (Å²) in [5.41, 5.74) is 8.12. The monoisotopic (exact) mass is 308 g/mol. The van der Waals surface area contributed by atoms with Gasteiger partial charge in [0.2, 0.25) is 0 Å². The van der Waals surface area contributed by atoms with Crippen LogP contribution in [-0.2, 0) is 17.4 Å². The van der Waals surface area contributed by atoms with E-state index in [9.17, 15) is 0 Å². The molecule has 0 fully saturated rings. The van der Waals surface area contributed by atoms with E-state index in [2.05, 4.69) is 26.2 Å². The number of thiazole rings is 1. The van der Waals surface area contributed by atoms with E-state index < -0.39 is 5.54 Å². The van der Waals surface area contributed by atoms with Crippen LogP contribution in [0.3, 0.4) is 0 Å². The molecule has 4 heteroatoms. The van der Waals surface area contributed by atoms with Crippen molar-refractivity contribution in [3.05, 3.63) is 50.9 Å². The van der Waals surface area contributed by atoms with Gasteiger partial charge in [-0.3, -0.25) is 0 Å². The maximum Gasteiger partial charge on any atom is 0.0950 e. The molecule has 0 saturated heterocycles. The van der Waals surface area contributed by atoms with E-state index in [1.165, 1.54) is 0 Å². The molecular formula is C16H21ClN2S. The lowest BCUT2D eigenvalue weighted by atomic mass is 9.89. The average Bonchev–Trinajstić information content (AvgIpc) is 2.76. The summed E-state index contributed by atoms with van der Waals surface area (Å²) in [4.78, 5) is 4.72. The van der Waals surface area contributed by atoms with E-state index in [1.807, 2.05) is 31.2 Å². The highest BCUT2D eigenvalue weighted by Gasteiger charge is 2.26. The van der Waals surface area contributed by atoms with Crippen LogP contribution in [0.15, 0.2) is 29.6 Å². The third-order valence-corrected chi connectivity index (χ3v) is 4.51. The molecule has 1 heterocycles. The lowest BCUT2D eigenvalue weighted by Crippen LogP contribution is -2.35. The first-order valence-corrected chi connectivity index (χ1v) is 7.95.